The molecule has 0 radical (unpaired) electrons. The molecule has 0 unspecified atom stereocenters. The summed E-state index contributed by atoms with van der Waals surface area (Å²) in [5.74, 6) is -0.740. The number of rotatable bonds is 7. The van der Waals surface area contributed by atoms with E-state index in [1.807, 2.05) is 12.3 Å². The molecular weight excluding hydrogens is 308 g/mol. The van der Waals surface area contributed by atoms with Gasteiger partial charge in [-0.1, -0.05) is 6.07 Å². The Labute approximate surface area is 142 Å². The quantitative estimate of drug-likeness (QED) is 0.549. The minimum absolute atomic E-state index is 0.343. The number of nitrogens with one attached hydrogen (secondary N) is 2. The zero-order valence-electron chi connectivity index (χ0n) is 14.2. The number of pyridine rings is 1. The van der Waals surface area contributed by atoms with E-state index >= 15 is 0 Å². The molecular formula is C17H26N4O3. The van der Waals surface area contributed by atoms with Gasteiger partial charge in [-0.25, -0.2) is 0 Å². The van der Waals surface area contributed by atoms with Gasteiger partial charge < -0.3 is 15.4 Å². The predicted molar refractivity (Wildman–Crippen MR) is 90.1 cm³/mol. The maximum Gasteiger partial charge on any atom is 0.309 e. The summed E-state index contributed by atoms with van der Waals surface area (Å²) in [5.41, 5.74) is 1.22. The second-order valence-corrected chi connectivity index (χ2v) is 6.04. The summed E-state index contributed by atoms with van der Waals surface area (Å²) in [4.78, 5) is 29.8. The van der Waals surface area contributed by atoms with E-state index in [9.17, 15) is 9.59 Å². The van der Waals surface area contributed by atoms with Gasteiger partial charge in [0.05, 0.1) is 6.61 Å². The van der Waals surface area contributed by atoms with Crippen molar-refractivity contribution in [3.05, 3.63) is 30.1 Å². The highest BCUT2D eigenvalue weighted by molar-refractivity contribution is 6.35. The maximum atomic E-state index is 11.7. The minimum Gasteiger partial charge on any atom is -0.383 e. The van der Waals surface area contributed by atoms with Crippen LogP contribution in [0.25, 0.3) is 0 Å². The van der Waals surface area contributed by atoms with Crippen molar-refractivity contribution in [1.29, 1.82) is 0 Å². The summed E-state index contributed by atoms with van der Waals surface area (Å²) in [6.45, 7) is 4.20. The standard InChI is InChI=1S/C17H26N4O3/c1-24-10-7-19-16(22)17(23)20-12-14-4-8-21(9-5-14)13-15-3-2-6-18-11-15/h2-3,6,11,14H,4-5,7-10,12-13H2,1H3,(H,19,22)(H,20,23). The predicted octanol–water partition coefficient (Wildman–Crippen LogP) is 0.172. The van der Waals surface area contributed by atoms with Gasteiger partial charge in [-0.2, -0.15) is 0 Å². The number of hydrogen-bond donors (Lipinski definition) is 2. The second kappa shape index (κ2) is 10.00. The van der Waals surface area contributed by atoms with Crippen molar-refractivity contribution >= 4 is 11.8 Å². The normalized spacial score (nSPS) is 15.9. The number of likely N-dealkylation sites (tertiary alicyclic amines) is 1. The molecule has 0 aromatic carbocycles. The highest BCUT2D eigenvalue weighted by Gasteiger charge is 2.21. The fourth-order valence-electron chi connectivity index (χ4n) is 2.76. The van der Waals surface area contributed by atoms with Gasteiger partial charge in [0.1, 0.15) is 0 Å². The van der Waals surface area contributed by atoms with Crippen LogP contribution in [0.5, 0.6) is 0 Å². The second-order valence-electron chi connectivity index (χ2n) is 6.04. The molecule has 1 fully saturated rings. The fraction of sp³-hybridized carbons (Fsp3) is 0.588. The Hall–Kier alpha value is -1.99. The van der Waals surface area contributed by atoms with Gasteiger partial charge in [0.25, 0.3) is 0 Å². The van der Waals surface area contributed by atoms with Crippen LogP contribution in [-0.4, -0.2) is 61.6 Å². The highest BCUT2D eigenvalue weighted by atomic mass is 16.5. The summed E-state index contributed by atoms with van der Waals surface area (Å²) in [7, 11) is 1.55. The number of piperidine rings is 1. The van der Waals surface area contributed by atoms with Crippen molar-refractivity contribution in [2.24, 2.45) is 5.92 Å². The van der Waals surface area contributed by atoms with E-state index in [0.29, 0.717) is 25.6 Å². The first kappa shape index (κ1) is 18.4. The van der Waals surface area contributed by atoms with Crippen molar-refractivity contribution in [2.45, 2.75) is 19.4 Å². The number of nitrogens with zero attached hydrogens (tertiary/aromatic N) is 2. The van der Waals surface area contributed by atoms with Crippen LogP contribution in [0.1, 0.15) is 18.4 Å². The van der Waals surface area contributed by atoms with Gasteiger partial charge in [-0.3, -0.25) is 19.5 Å². The lowest BCUT2D eigenvalue weighted by molar-refractivity contribution is -0.139. The third-order valence-corrected chi connectivity index (χ3v) is 4.19. The number of methoxy groups -OCH3 is 1. The van der Waals surface area contributed by atoms with E-state index in [0.717, 1.165) is 32.5 Å². The van der Waals surface area contributed by atoms with Gasteiger partial charge in [0, 0.05) is 39.1 Å². The van der Waals surface area contributed by atoms with Crippen LogP contribution in [0, 0.1) is 5.92 Å². The van der Waals surface area contributed by atoms with E-state index in [1.54, 1.807) is 13.3 Å². The summed E-state index contributed by atoms with van der Waals surface area (Å²) in [5, 5.41) is 5.24. The smallest absolute Gasteiger partial charge is 0.309 e. The third kappa shape index (κ3) is 6.25. The molecule has 0 aliphatic carbocycles. The Kier molecular flexibility index (Phi) is 7.64. The zero-order valence-corrected chi connectivity index (χ0v) is 14.2. The molecule has 7 heteroatoms. The Bertz CT molecular complexity index is 516. The van der Waals surface area contributed by atoms with Crippen LogP contribution in [0.3, 0.4) is 0 Å². The van der Waals surface area contributed by atoms with Crippen LogP contribution in [0.15, 0.2) is 24.5 Å². The lowest BCUT2D eigenvalue weighted by Crippen LogP contribution is -2.44. The molecule has 0 bridgehead atoms. The molecule has 2 heterocycles. The highest BCUT2D eigenvalue weighted by Crippen LogP contribution is 2.18. The molecule has 0 atom stereocenters. The van der Waals surface area contributed by atoms with E-state index in [4.69, 9.17) is 4.74 Å². The summed E-state index contributed by atoms with van der Waals surface area (Å²) < 4.78 is 4.82. The topological polar surface area (TPSA) is 83.6 Å². The first-order chi connectivity index (χ1) is 11.7. The van der Waals surface area contributed by atoms with Crippen LogP contribution in [0.2, 0.25) is 0 Å². The van der Waals surface area contributed by atoms with Gasteiger partial charge in [-0.05, 0) is 43.5 Å². The molecule has 1 aromatic rings. The molecule has 132 valence electrons. The van der Waals surface area contributed by atoms with Crippen molar-refractivity contribution in [1.82, 2.24) is 20.5 Å². The zero-order chi connectivity index (χ0) is 17.2. The monoisotopic (exact) mass is 334 g/mol. The van der Waals surface area contributed by atoms with Crippen molar-refractivity contribution in [3.8, 4) is 0 Å². The molecule has 2 rings (SSSR count). The maximum absolute atomic E-state index is 11.7. The SMILES string of the molecule is COCCNC(=O)C(=O)NCC1CCN(Cc2cccnc2)CC1. The number of carbonyl (C=O) groups is 2. The largest absolute Gasteiger partial charge is 0.383 e. The molecule has 1 aliphatic heterocycles. The van der Waals surface area contributed by atoms with Gasteiger partial charge in [-0.15, -0.1) is 0 Å². The van der Waals surface area contributed by atoms with Crippen LogP contribution in [-0.2, 0) is 20.9 Å². The molecule has 7 nitrogen and oxygen atoms in total. The Morgan fingerprint density at radius 2 is 2.04 bits per heavy atom. The van der Waals surface area contributed by atoms with Gasteiger partial charge in [0.15, 0.2) is 0 Å². The van der Waals surface area contributed by atoms with E-state index in [2.05, 4.69) is 26.6 Å². The van der Waals surface area contributed by atoms with Gasteiger partial charge >= 0.3 is 11.8 Å². The average molecular weight is 334 g/mol. The fourth-order valence-corrected chi connectivity index (χ4v) is 2.76. The number of carbonyl (C=O) groups excluding carboxylic acids is 2. The lowest BCUT2D eigenvalue weighted by atomic mass is 9.96. The summed E-state index contributed by atoms with van der Waals surface area (Å²) >= 11 is 0. The third-order valence-electron chi connectivity index (χ3n) is 4.19. The summed E-state index contributed by atoms with van der Waals surface area (Å²) in [6.07, 6.45) is 5.72. The van der Waals surface area contributed by atoms with Crippen molar-refractivity contribution in [2.75, 3.05) is 39.9 Å². The molecule has 2 N–H and O–H groups in total. The van der Waals surface area contributed by atoms with Crippen LogP contribution < -0.4 is 10.6 Å². The molecule has 24 heavy (non-hydrogen) atoms. The van der Waals surface area contributed by atoms with E-state index in [1.165, 1.54) is 5.56 Å². The van der Waals surface area contributed by atoms with Crippen molar-refractivity contribution in [3.63, 3.8) is 0 Å². The number of hydrogen-bond acceptors (Lipinski definition) is 5. The lowest BCUT2D eigenvalue weighted by Gasteiger charge is -2.31. The van der Waals surface area contributed by atoms with Crippen LogP contribution >= 0.6 is 0 Å². The molecule has 2 amide bonds. The molecule has 1 aliphatic rings. The molecule has 0 saturated carbocycles. The minimum atomic E-state index is -0.596. The molecule has 1 aromatic heterocycles. The molecule has 0 spiro atoms. The number of amides is 2. The molecule has 1 saturated heterocycles. The first-order valence-electron chi connectivity index (χ1n) is 8.35. The summed E-state index contributed by atoms with van der Waals surface area (Å²) in [6, 6.07) is 4.04. The van der Waals surface area contributed by atoms with Crippen LogP contribution in [0.4, 0.5) is 0 Å². The average Bonchev–Trinajstić information content (AvgIpc) is 2.62. The Balaban J connectivity index is 1.62. The Morgan fingerprint density at radius 1 is 1.29 bits per heavy atom. The van der Waals surface area contributed by atoms with Crippen molar-refractivity contribution < 1.29 is 14.3 Å². The van der Waals surface area contributed by atoms with Gasteiger partial charge in [0.2, 0.25) is 0 Å². The Morgan fingerprint density at radius 3 is 2.71 bits per heavy atom. The van der Waals surface area contributed by atoms with E-state index < -0.39 is 11.8 Å². The van der Waals surface area contributed by atoms with E-state index in [-0.39, 0.29) is 0 Å². The number of ether oxygens (including phenoxy) is 1. The first-order valence-corrected chi connectivity index (χ1v) is 8.35. The number of aromatic nitrogens is 1.